The number of anilines is 1. The molecule has 2 amide bonds. The van der Waals surface area contributed by atoms with Gasteiger partial charge in [0.25, 0.3) is 11.8 Å². The van der Waals surface area contributed by atoms with Crippen LogP contribution < -0.4 is 16.4 Å². The van der Waals surface area contributed by atoms with Crippen LogP contribution in [0.4, 0.5) is 5.69 Å². The molecule has 1 heterocycles. The summed E-state index contributed by atoms with van der Waals surface area (Å²) < 4.78 is 0. The molecule has 0 aliphatic heterocycles. The van der Waals surface area contributed by atoms with E-state index in [1.165, 1.54) is 51.1 Å². The highest BCUT2D eigenvalue weighted by Crippen LogP contribution is 2.35. The normalized spacial score (nSPS) is 24.9. The van der Waals surface area contributed by atoms with Gasteiger partial charge in [0.15, 0.2) is 0 Å². The number of nitrogens with zero attached hydrogens (tertiary/aromatic N) is 1. The summed E-state index contributed by atoms with van der Waals surface area (Å²) in [6.07, 6.45) is 12.2. The third-order valence-electron chi connectivity index (χ3n) is 7.47. The Morgan fingerprint density at radius 1 is 0.941 bits per heavy atom. The van der Waals surface area contributed by atoms with E-state index in [1.807, 2.05) is 13.0 Å². The summed E-state index contributed by atoms with van der Waals surface area (Å²) in [7, 11) is 0. The van der Waals surface area contributed by atoms with Gasteiger partial charge in [-0.25, -0.2) is 4.98 Å². The molecule has 0 bridgehead atoms. The van der Waals surface area contributed by atoms with Gasteiger partial charge >= 0.3 is 0 Å². The van der Waals surface area contributed by atoms with Crippen LogP contribution in [0.25, 0.3) is 0 Å². The molecule has 6 nitrogen and oxygen atoms in total. The average Bonchev–Trinajstić information content (AvgIpc) is 2.83. The van der Waals surface area contributed by atoms with Crippen LogP contribution >= 0.6 is 11.6 Å². The highest BCUT2D eigenvalue weighted by Gasteiger charge is 2.27. The first-order valence-corrected chi connectivity index (χ1v) is 12.8. The van der Waals surface area contributed by atoms with Crippen LogP contribution in [0.1, 0.15) is 84.1 Å². The van der Waals surface area contributed by atoms with E-state index in [-0.39, 0.29) is 17.9 Å². The number of nitrogens with two attached hydrogens (primary N) is 1. The van der Waals surface area contributed by atoms with Gasteiger partial charge in [-0.05, 0) is 112 Å². The summed E-state index contributed by atoms with van der Waals surface area (Å²) in [5.74, 6) is 1.31. The molecule has 7 heteroatoms. The number of rotatable bonds is 6. The zero-order valence-corrected chi connectivity index (χ0v) is 20.6. The standard InChI is InChI=1S/C27H35ClN4O2/c1-17-14-20(6-12-24(17)32-27(34)21-7-13-25(28)30-16-21)26(33)31-23-10-4-19(5-11-23)15-18-2-8-22(29)9-3-18/h6-7,12-14,16,18-19,22-23H,2-5,8-11,15,29H2,1H3,(H,31,33)(H,32,34). The van der Waals surface area contributed by atoms with Crippen molar-refractivity contribution in [2.45, 2.75) is 76.8 Å². The van der Waals surface area contributed by atoms with Gasteiger partial charge in [0.1, 0.15) is 5.15 Å². The van der Waals surface area contributed by atoms with Gasteiger partial charge < -0.3 is 16.4 Å². The Kier molecular flexibility index (Phi) is 8.22. The number of aromatic nitrogens is 1. The fourth-order valence-electron chi connectivity index (χ4n) is 5.36. The summed E-state index contributed by atoms with van der Waals surface area (Å²) in [5, 5.41) is 6.43. The Morgan fingerprint density at radius 2 is 1.59 bits per heavy atom. The van der Waals surface area contributed by atoms with Crippen LogP contribution in [-0.2, 0) is 0 Å². The molecule has 4 N–H and O–H groups in total. The zero-order valence-electron chi connectivity index (χ0n) is 19.9. The molecule has 1 aromatic heterocycles. The van der Waals surface area contributed by atoms with E-state index < -0.39 is 0 Å². The van der Waals surface area contributed by atoms with Crippen LogP contribution in [0, 0.1) is 18.8 Å². The van der Waals surface area contributed by atoms with Gasteiger partial charge in [-0.1, -0.05) is 11.6 Å². The molecule has 182 valence electrons. The second-order valence-corrected chi connectivity index (χ2v) is 10.4. The van der Waals surface area contributed by atoms with Crippen molar-refractivity contribution in [3.8, 4) is 0 Å². The van der Waals surface area contributed by atoms with Crippen LogP contribution in [0.15, 0.2) is 36.5 Å². The maximum absolute atomic E-state index is 12.9. The van der Waals surface area contributed by atoms with Gasteiger partial charge in [0.05, 0.1) is 5.56 Å². The Hall–Kier alpha value is -2.44. The molecular formula is C27H35ClN4O2. The number of halogens is 1. The molecule has 2 aliphatic carbocycles. The molecule has 4 rings (SSSR count). The number of carbonyl (C=O) groups excluding carboxylic acids is 2. The first kappa shape index (κ1) is 24.7. The van der Waals surface area contributed by atoms with Gasteiger partial charge in [-0.3, -0.25) is 9.59 Å². The number of hydrogen-bond donors (Lipinski definition) is 3. The van der Waals surface area contributed by atoms with E-state index in [4.69, 9.17) is 17.3 Å². The first-order valence-electron chi connectivity index (χ1n) is 12.5. The minimum atomic E-state index is -0.266. The Morgan fingerprint density at radius 3 is 2.21 bits per heavy atom. The van der Waals surface area contributed by atoms with Crippen molar-refractivity contribution in [3.05, 3.63) is 58.4 Å². The molecule has 0 spiro atoms. The molecule has 34 heavy (non-hydrogen) atoms. The van der Waals surface area contributed by atoms with Crippen molar-refractivity contribution in [1.29, 1.82) is 0 Å². The Labute approximate surface area is 207 Å². The zero-order chi connectivity index (χ0) is 24.1. The molecule has 0 radical (unpaired) electrons. The third-order valence-corrected chi connectivity index (χ3v) is 7.69. The van der Waals surface area contributed by atoms with E-state index in [0.29, 0.717) is 28.0 Å². The Balaban J connectivity index is 1.25. The highest BCUT2D eigenvalue weighted by atomic mass is 35.5. The number of aryl methyl sites for hydroxylation is 1. The smallest absolute Gasteiger partial charge is 0.257 e. The summed E-state index contributed by atoms with van der Waals surface area (Å²) in [4.78, 5) is 29.2. The molecule has 2 saturated carbocycles. The largest absolute Gasteiger partial charge is 0.349 e. The lowest BCUT2D eigenvalue weighted by Crippen LogP contribution is -2.38. The monoisotopic (exact) mass is 482 g/mol. The summed E-state index contributed by atoms with van der Waals surface area (Å²) in [6.45, 7) is 1.88. The van der Waals surface area contributed by atoms with E-state index >= 15 is 0 Å². The van der Waals surface area contributed by atoms with E-state index in [0.717, 1.165) is 30.2 Å². The predicted octanol–water partition coefficient (Wildman–Crippen LogP) is 5.49. The number of nitrogens with one attached hydrogen (secondary N) is 2. The van der Waals surface area contributed by atoms with Crippen LogP contribution in [0.5, 0.6) is 0 Å². The summed E-state index contributed by atoms with van der Waals surface area (Å²) in [5.41, 5.74) is 8.58. The van der Waals surface area contributed by atoms with Gasteiger partial charge in [0, 0.05) is 29.5 Å². The topological polar surface area (TPSA) is 97.1 Å². The fourth-order valence-corrected chi connectivity index (χ4v) is 5.47. The second-order valence-electron chi connectivity index (χ2n) is 10.1. The molecule has 0 atom stereocenters. The highest BCUT2D eigenvalue weighted by molar-refractivity contribution is 6.29. The Bertz CT molecular complexity index is 994. The maximum Gasteiger partial charge on any atom is 0.257 e. The molecule has 2 aliphatic rings. The molecule has 2 fully saturated rings. The number of carbonyl (C=O) groups is 2. The van der Waals surface area contributed by atoms with Crippen molar-refractivity contribution in [3.63, 3.8) is 0 Å². The molecule has 0 saturated heterocycles. The quantitative estimate of drug-likeness (QED) is 0.474. The van der Waals surface area contributed by atoms with Crippen molar-refractivity contribution < 1.29 is 9.59 Å². The summed E-state index contributed by atoms with van der Waals surface area (Å²) in [6, 6.07) is 9.22. The van der Waals surface area contributed by atoms with Crippen molar-refractivity contribution >= 4 is 29.1 Å². The van der Waals surface area contributed by atoms with Crippen molar-refractivity contribution in [2.75, 3.05) is 5.32 Å². The lowest BCUT2D eigenvalue weighted by atomic mass is 9.76. The molecule has 1 aromatic carbocycles. The first-order chi connectivity index (χ1) is 16.4. The number of pyridine rings is 1. The van der Waals surface area contributed by atoms with E-state index in [1.54, 1.807) is 24.3 Å². The van der Waals surface area contributed by atoms with Gasteiger partial charge in [0.2, 0.25) is 0 Å². The van der Waals surface area contributed by atoms with Crippen LogP contribution in [0.2, 0.25) is 5.15 Å². The lowest BCUT2D eigenvalue weighted by molar-refractivity contribution is 0.0918. The fraction of sp³-hybridized carbons (Fsp3) is 0.519. The third kappa shape index (κ3) is 6.57. The van der Waals surface area contributed by atoms with E-state index in [9.17, 15) is 9.59 Å². The van der Waals surface area contributed by atoms with Crippen molar-refractivity contribution in [2.24, 2.45) is 17.6 Å². The van der Waals surface area contributed by atoms with Crippen molar-refractivity contribution in [1.82, 2.24) is 10.3 Å². The van der Waals surface area contributed by atoms with Gasteiger partial charge in [-0.2, -0.15) is 0 Å². The summed E-state index contributed by atoms with van der Waals surface area (Å²) >= 11 is 5.79. The minimum absolute atomic E-state index is 0.0485. The number of amides is 2. The SMILES string of the molecule is Cc1cc(C(=O)NC2CCC(CC3CCC(N)CC3)CC2)ccc1NC(=O)c1ccc(Cl)nc1. The van der Waals surface area contributed by atoms with E-state index in [2.05, 4.69) is 15.6 Å². The van der Waals surface area contributed by atoms with Crippen LogP contribution in [-0.4, -0.2) is 28.9 Å². The maximum atomic E-state index is 12.9. The lowest BCUT2D eigenvalue weighted by Gasteiger charge is -2.33. The molecular weight excluding hydrogens is 448 g/mol. The van der Waals surface area contributed by atoms with Crippen LogP contribution in [0.3, 0.4) is 0 Å². The minimum Gasteiger partial charge on any atom is -0.349 e. The average molecular weight is 483 g/mol. The number of hydrogen-bond acceptors (Lipinski definition) is 4. The number of benzene rings is 1. The molecule has 2 aromatic rings. The second kappa shape index (κ2) is 11.3. The molecule has 0 unspecified atom stereocenters. The predicted molar refractivity (Wildman–Crippen MR) is 136 cm³/mol. The van der Waals surface area contributed by atoms with Gasteiger partial charge in [-0.15, -0.1) is 0 Å².